The minimum atomic E-state index is -0.394. The number of hydrogen-bond donors (Lipinski definition) is 1. The number of nitrogens with zero attached hydrogens (tertiary/aromatic N) is 1. The number of likely N-dealkylation sites (tertiary alicyclic amines) is 1. The molecule has 0 aromatic heterocycles. The molecule has 2 N–H and O–H groups in total. The summed E-state index contributed by atoms with van der Waals surface area (Å²) in [7, 11) is 0. The topological polar surface area (TPSA) is 55.6 Å². The number of carbonyl (C=O) groups is 1. The predicted octanol–water partition coefficient (Wildman–Crippen LogP) is 2.24. The average molecular weight is 306 g/mol. The first-order chi connectivity index (χ1) is 10.6. The standard InChI is InChI=1S/C17H23FN2O2/c1-11-7-8-20(16(11)12-3-2-4-13(18)9-12)17(21)15-6-5-14(10-19)22-15/h2-4,9,11,14-16H,5-8,10,19H2,1H3/t11?,14-,15+,16?/m1/s1. The Morgan fingerprint density at radius 2 is 2.23 bits per heavy atom. The maximum absolute atomic E-state index is 13.5. The van der Waals surface area contributed by atoms with Gasteiger partial charge in [-0.2, -0.15) is 0 Å². The molecule has 0 radical (unpaired) electrons. The molecular formula is C17H23FN2O2. The highest BCUT2D eigenvalue weighted by Crippen LogP contribution is 2.38. The third-order valence-corrected chi connectivity index (χ3v) is 4.82. The first-order valence-corrected chi connectivity index (χ1v) is 8.01. The monoisotopic (exact) mass is 306 g/mol. The second-order valence-corrected chi connectivity index (χ2v) is 6.36. The summed E-state index contributed by atoms with van der Waals surface area (Å²) < 4.78 is 19.3. The van der Waals surface area contributed by atoms with Crippen LogP contribution < -0.4 is 5.73 Å². The fourth-order valence-corrected chi connectivity index (χ4v) is 3.64. The van der Waals surface area contributed by atoms with Gasteiger partial charge in [0.15, 0.2) is 0 Å². The SMILES string of the molecule is CC1CCN(C(=O)[C@@H]2CC[C@H](CN)O2)C1c1cccc(F)c1. The molecule has 2 aliphatic heterocycles. The smallest absolute Gasteiger partial charge is 0.252 e. The number of nitrogens with two attached hydrogens (primary N) is 1. The molecule has 2 heterocycles. The third kappa shape index (κ3) is 2.88. The van der Waals surface area contributed by atoms with Crippen LogP contribution in [0.2, 0.25) is 0 Å². The van der Waals surface area contributed by atoms with E-state index in [1.54, 1.807) is 6.07 Å². The minimum Gasteiger partial charge on any atom is -0.364 e. The summed E-state index contributed by atoms with van der Waals surface area (Å²) in [5.41, 5.74) is 6.48. The number of carbonyl (C=O) groups excluding carboxylic acids is 1. The summed E-state index contributed by atoms with van der Waals surface area (Å²) in [6, 6.07) is 6.50. The van der Waals surface area contributed by atoms with Gasteiger partial charge >= 0.3 is 0 Å². The van der Waals surface area contributed by atoms with Gasteiger partial charge in [0.25, 0.3) is 5.91 Å². The predicted molar refractivity (Wildman–Crippen MR) is 81.6 cm³/mol. The van der Waals surface area contributed by atoms with Crippen molar-refractivity contribution < 1.29 is 13.9 Å². The molecule has 2 fully saturated rings. The van der Waals surface area contributed by atoms with E-state index < -0.39 is 6.10 Å². The summed E-state index contributed by atoms with van der Waals surface area (Å²) in [6.45, 7) is 3.27. The summed E-state index contributed by atoms with van der Waals surface area (Å²) >= 11 is 0. The zero-order valence-electron chi connectivity index (χ0n) is 12.9. The number of benzene rings is 1. The van der Waals surface area contributed by atoms with Crippen LogP contribution in [0.15, 0.2) is 24.3 Å². The van der Waals surface area contributed by atoms with E-state index in [-0.39, 0.29) is 23.9 Å². The van der Waals surface area contributed by atoms with Crippen LogP contribution in [-0.2, 0) is 9.53 Å². The Balaban J connectivity index is 1.79. The van der Waals surface area contributed by atoms with Crippen LogP contribution >= 0.6 is 0 Å². The van der Waals surface area contributed by atoms with Gasteiger partial charge in [0.05, 0.1) is 12.1 Å². The van der Waals surface area contributed by atoms with Crippen LogP contribution in [0.4, 0.5) is 4.39 Å². The molecule has 3 rings (SSSR count). The molecule has 0 spiro atoms. The molecule has 4 nitrogen and oxygen atoms in total. The summed E-state index contributed by atoms with van der Waals surface area (Å²) in [6.07, 6.45) is 2.08. The molecule has 0 bridgehead atoms. The summed E-state index contributed by atoms with van der Waals surface area (Å²) in [4.78, 5) is 14.7. The minimum absolute atomic E-state index is 0.0124. The van der Waals surface area contributed by atoms with Gasteiger partial charge in [0.1, 0.15) is 11.9 Å². The first kappa shape index (κ1) is 15.4. The first-order valence-electron chi connectivity index (χ1n) is 8.01. The Labute approximate surface area is 130 Å². The van der Waals surface area contributed by atoms with Crippen molar-refractivity contribution in [2.75, 3.05) is 13.1 Å². The normalized spacial score (nSPS) is 31.7. The maximum Gasteiger partial charge on any atom is 0.252 e. The summed E-state index contributed by atoms with van der Waals surface area (Å²) in [5.74, 6) is 0.0799. The molecule has 0 saturated carbocycles. The van der Waals surface area contributed by atoms with Gasteiger partial charge < -0.3 is 15.4 Å². The molecule has 2 saturated heterocycles. The van der Waals surface area contributed by atoms with E-state index in [9.17, 15) is 9.18 Å². The number of rotatable bonds is 3. The molecule has 2 aliphatic rings. The molecule has 4 atom stereocenters. The van der Waals surface area contributed by atoms with Crippen molar-refractivity contribution in [3.63, 3.8) is 0 Å². The molecule has 120 valence electrons. The van der Waals surface area contributed by atoms with Crippen molar-refractivity contribution in [1.29, 1.82) is 0 Å². The molecular weight excluding hydrogens is 283 g/mol. The maximum atomic E-state index is 13.5. The highest BCUT2D eigenvalue weighted by Gasteiger charge is 2.40. The summed E-state index contributed by atoms with van der Waals surface area (Å²) in [5, 5.41) is 0. The number of hydrogen-bond acceptors (Lipinski definition) is 3. The van der Waals surface area contributed by atoms with E-state index in [1.165, 1.54) is 12.1 Å². The number of amides is 1. The lowest BCUT2D eigenvalue weighted by Gasteiger charge is -2.29. The Kier molecular flexibility index (Phi) is 4.45. The molecule has 0 aliphatic carbocycles. The van der Waals surface area contributed by atoms with E-state index in [2.05, 4.69) is 6.92 Å². The van der Waals surface area contributed by atoms with Gasteiger partial charge in [-0.05, 0) is 42.9 Å². The second kappa shape index (κ2) is 6.34. The lowest BCUT2D eigenvalue weighted by Crippen LogP contribution is -2.40. The third-order valence-electron chi connectivity index (χ3n) is 4.82. The van der Waals surface area contributed by atoms with Gasteiger partial charge in [-0.3, -0.25) is 4.79 Å². The van der Waals surface area contributed by atoms with E-state index in [0.29, 0.717) is 19.0 Å². The Morgan fingerprint density at radius 1 is 1.41 bits per heavy atom. The van der Waals surface area contributed by atoms with Crippen LogP contribution in [0.5, 0.6) is 0 Å². The van der Waals surface area contributed by atoms with Gasteiger partial charge in [-0.1, -0.05) is 19.1 Å². The van der Waals surface area contributed by atoms with Crippen molar-refractivity contribution in [3.8, 4) is 0 Å². The van der Waals surface area contributed by atoms with Gasteiger partial charge in [0.2, 0.25) is 0 Å². The highest BCUT2D eigenvalue weighted by atomic mass is 19.1. The molecule has 5 heteroatoms. The van der Waals surface area contributed by atoms with E-state index in [1.807, 2.05) is 11.0 Å². The van der Waals surface area contributed by atoms with Crippen molar-refractivity contribution in [2.24, 2.45) is 11.7 Å². The Morgan fingerprint density at radius 3 is 2.91 bits per heavy atom. The molecule has 1 aromatic rings. The lowest BCUT2D eigenvalue weighted by molar-refractivity contribution is -0.144. The van der Waals surface area contributed by atoms with Crippen LogP contribution in [0.25, 0.3) is 0 Å². The van der Waals surface area contributed by atoms with E-state index in [4.69, 9.17) is 10.5 Å². The number of ether oxygens (including phenoxy) is 1. The zero-order chi connectivity index (χ0) is 15.7. The van der Waals surface area contributed by atoms with E-state index >= 15 is 0 Å². The van der Waals surface area contributed by atoms with Crippen molar-refractivity contribution >= 4 is 5.91 Å². The number of halogens is 1. The largest absolute Gasteiger partial charge is 0.364 e. The average Bonchev–Trinajstić information content (AvgIpc) is 3.13. The van der Waals surface area contributed by atoms with Crippen LogP contribution in [0, 0.1) is 11.7 Å². The molecule has 1 amide bonds. The highest BCUT2D eigenvalue weighted by molar-refractivity contribution is 5.82. The molecule has 2 unspecified atom stereocenters. The quantitative estimate of drug-likeness (QED) is 0.932. The van der Waals surface area contributed by atoms with Crippen molar-refractivity contribution in [3.05, 3.63) is 35.6 Å². The van der Waals surface area contributed by atoms with Crippen LogP contribution in [0.3, 0.4) is 0 Å². The zero-order valence-corrected chi connectivity index (χ0v) is 12.9. The van der Waals surface area contributed by atoms with Gasteiger partial charge in [0, 0.05) is 13.1 Å². The van der Waals surface area contributed by atoms with Crippen LogP contribution in [0.1, 0.15) is 37.8 Å². The second-order valence-electron chi connectivity index (χ2n) is 6.36. The fourth-order valence-electron chi connectivity index (χ4n) is 3.64. The fraction of sp³-hybridized carbons (Fsp3) is 0.588. The Bertz CT molecular complexity index is 551. The van der Waals surface area contributed by atoms with Gasteiger partial charge in [-0.15, -0.1) is 0 Å². The molecule has 22 heavy (non-hydrogen) atoms. The van der Waals surface area contributed by atoms with Crippen molar-refractivity contribution in [2.45, 2.75) is 44.4 Å². The lowest BCUT2D eigenvalue weighted by atomic mass is 9.95. The van der Waals surface area contributed by atoms with E-state index in [0.717, 1.165) is 24.8 Å². The van der Waals surface area contributed by atoms with Crippen molar-refractivity contribution in [1.82, 2.24) is 4.90 Å². The molecule has 1 aromatic carbocycles. The Hall–Kier alpha value is -1.46. The van der Waals surface area contributed by atoms with Crippen LogP contribution in [-0.4, -0.2) is 36.1 Å². The van der Waals surface area contributed by atoms with Gasteiger partial charge in [-0.25, -0.2) is 4.39 Å².